The minimum absolute atomic E-state index is 0.0381. The van der Waals surface area contributed by atoms with Gasteiger partial charge >= 0.3 is 0 Å². The Morgan fingerprint density at radius 2 is 2.00 bits per heavy atom. The number of aryl methyl sites for hydroxylation is 2. The van der Waals surface area contributed by atoms with Gasteiger partial charge in [-0.15, -0.1) is 10.2 Å². The van der Waals surface area contributed by atoms with E-state index < -0.39 is 0 Å². The van der Waals surface area contributed by atoms with Crippen molar-refractivity contribution in [2.24, 2.45) is 0 Å². The third-order valence-corrected chi connectivity index (χ3v) is 5.45. The number of thioether (sulfide) groups is 1. The number of hydrogen-bond acceptors (Lipinski definition) is 5. The number of rotatable bonds is 8. The molecule has 0 radical (unpaired) electrons. The summed E-state index contributed by atoms with van der Waals surface area (Å²) < 4.78 is 1.95. The Kier molecular flexibility index (Phi) is 6.49. The van der Waals surface area contributed by atoms with Gasteiger partial charge in [0.1, 0.15) is 5.82 Å². The fourth-order valence-corrected chi connectivity index (χ4v) is 3.87. The van der Waals surface area contributed by atoms with E-state index in [0.717, 1.165) is 30.9 Å². The van der Waals surface area contributed by atoms with E-state index in [2.05, 4.69) is 15.5 Å². The molecule has 0 spiro atoms. The molecule has 8 heteroatoms. The number of hydrogen-bond donors (Lipinski definition) is 1. The Hall–Kier alpha value is -2.35. The number of likely N-dealkylation sites (tertiary alicyclic amines) is 1. The lowest BCUT2D eigenvalue weighted by Gasteiger charge is -2.15. The first-order valence-corrected chi connectivity index (χ1v) is 10.2. The van der Waals surface area contributed by atoms with Crippen LogP contribution in [0, 0.1) is 13.8 Å². The molecule has 1 aliphatic rings. The van der Waals surface area contributed by atoms with Crippen LogP contribution in [0.25, 0.3) is 5.69 Å². The van der Waals surface area contributed by atoms with E-state index in [9.17, 15) is 9.59 Å². The fourth-order valence-electron chi connectivity index (χ4n) is 3.05. The quantitative estimate of drug-likeness (QED) is 0.554. The van der Waals surface area contributed by atoms with Crippen LogP contribution in [0.4, 0.5) is 0 Å². The van der Waals surface area contributed by atoms with Gasteiger partial charge in [-0.3, -0.25) is 14.2 Å². The van der Waals surface area contributed by atoms with Crippen LogP contribution in [0.5, 0.6) is 0 Å². The van der Waals surface area contributed by atoms with Gasteiger partial charge in [0.2, 0.25) is 11.8 Å². The van der Waals surface area contributed by atoms with Crippen molar-refractivity contribution >= 4 is 23.6 Å². The maximum atomic E-state index is 12.1. The summed E-state index contributed by atoms with van der Waals surface area (Å²) in [5, 5.41) is 12.0. The third-order valence-electron chi connectivity index (χ3n) is 4.52. The molecule has 1 aliphatic heterocycles. The van der Waals surface area contributed by atoms with E-state index in [1.165, 1.54) is 17.3 Å². The standard InChI is InChI=1S/C19H25N5O2S/c1-14-6-8-16(9-7-14)24-15(2)21-22-19(24)27-13-17(25)20-10-4-12-23-11-3-5-18(23)26/h6-9H,3-5,10-13H2,1-2H3,(H,20,25). The molecule has 2 heterocycles. The van der Waals surface area contributed by atoms with E-state index in [1.54, 1.807) is 0 Å². The van der Waals surface area contributed by atoms with Crippen molar-refractivity contribution in [2.75, 3.05) is 25.4 Å². The van der Waals surface area contributed by atoms with Crippen molar-refractivity contribution in [1.82, 2.24) is 25.0 Å². The molecule has 0 aliphatic carbocycles. The van der Waals surface area contributed by atoms with Gasteiger partial charge in [-0.05, 0) is 38.8 Å². The van der Waals surface area contributed by atoms with Gasteiger partial charge in [0.05, 0.1) is 5.75 Å². The molecule has 1 saturated heterocycles. The number of amides is 2. The van der Waals surface area contributed by atoms with E-state index in [1.807, 2.05) is 47.6 Å². The van der Waals surface area contributed by atoms with Crippen LogP contribution in [0.1, 0.15) is 30.7 Å². The van der Waals surface area contributed by atoms with Crippen molar-refractivity contribution in [3.05, 3.63) is 35.7 Å². The second-order valence-electron chi connectivity index (χ2n) is 6.68. The zero-order chi connectivity index (χ0) is 19.2. The molecule has 2 amide bonds. The molecular weight excluding hydrogens is 362 g/mol. The molecule has 1 fully saturated rings. The molecule has 7 nitrogen and oxygen atoms in total. The predicted molar refractivity (Wildman–Crippen MR) is 105 cm³/mol. The number of nitrogens with one attached hydrogen (secondary N) is 1. The van der Waals surface area contributed by atoms with Crippen LogP contribution in [0.2, 0.25) is 0 Å². The van der Waals surface area contributed by atoms with Gasteiger partial charge in [-0.2, -0.15) is 0 Å². The van der Waals surface area contributed by atoms with Crippen LogP contribution in [-0.4, -0.2) is 56.9 Å². The molecule has 2 aromatic rings. The summed E-state index contributed by atoms with van der Waals surface area (Å²) in [6.07, 6.45) is 2.38. The number of benzene rings is 1. The number of nitrogens with zero attached hydrogens (tertiary/aromatic N) is 4. The highest BCUT2D eigenvalue weighted by molar-refractivity contribution is 7.99. The number of carbonyl (C=O) groups excluding carboxylic acids is 2. The minimum Gasteiger partial charge on any atom is -0.355 e. The van der Waals surface area contributed by atoms with Gasteiger partial charge in [-0.1, -0.05) is 29.5 Å². The van der Waals surface area contributed by atoms with Crippen LogP contribution < -0.4 is 5.32 Å². The maximum absolute atomic E-state index is 12.1. The van der Waals surface area contributed by atoms with Crippen molar-refractivity contribution in [2.45, 2.75) is 38.3 Å². The van der Waals surface area contributed by atoms with Gasteiger partial charge in [0.15, 0.2) is 5.16 Å². The lowest BCUT2D eigenvalue weighted by atomic mass is 10.2. The summed E-state index contributed by atoms with van der Waals surface area (Å²) >= 11 is 1.37. The SMILES string of the molecule is Cc1ccc(-n2c(C)nnc2SCC(=O)NCCCN2CCCC2=O)cc1. The van der Waals surface area contributed by atoms with Crippen LogP contribution in [0.3, 0.4) is 0 Å². The Labute approximate surface area is 163 Å². The van der Waals surface area contributed by atoms with Crippen molar-refractivity contribution in [3.8, 4) is 5.69 Å². The normalized spacial score (nSPS) is 14.0. The summed E-state index contributed by atoms with van der Waals surface area (Å²) in [4.78, 5) is 25.5. The first-order valence-electron chi connectivity index (χ1n) is 9.21. The molecule has 0 saturated carbocycles. The van der Waals surface area contributed by atoms with Gasteiger partial charge < -0.3 is 10.2 Å². The summed E-state index contributed by atoms with van der Waals surface area (Å²) in [6.45, 7) is 6.08. The maximum Gasteiger partial charge on any atom is 0.230 e. The summed E-state index contributed by atoms with van der Waals surface area (Å²) in [6, 6.07) is 8.13. The van der Waals surface area contributed by atoms with Crippen LogP contribution >= 0.6 is 11.8 Å². The highest BCUT2D eigenvalue weighted by atomic mass is 32.2. The molecule has 0 bridgehead atoms. The Morgan fingerprint density at radius 1 is 1.22 bits per heavy atom. The Bertz CT molecular complexity index is 803. The Morgan fingerprint density at radius 3 is 2.70 bits per heavy atom. The van der Waals surface area contributed by atoms with Crippen LogP contribution in [-0.2, 0) is 9.59 Å². The second kappa shape index (κ2) is 9.03. The highest BCUT2D eigenvalue weighted by Crippen LogP contribution is 2.21. The van der Waals surface area contributed by atoms with E-state index in [-0.39, 0.29) is 17.6 Å². The average molecular weight is 388 g/mol. The fraction of sp³-hybridized carbons (Fsp3) is 0.474. The molecule has 27 heavy (non-hydrogen) atoms. The summed E-state index contributed by atoms with van der Waals surface area (Å²) in [7, 11) is 0. The molecule has 0 unspecified atom stereocenters. The molecule has 1 aromatic carbocycles. The zero-order valence-corrected chi connectivity index (χ0v) is 16.6. The van der Waals surface area contributed by atoms with Crippen molar-refractivity contribution in [3.63, 3.8) is 0 Å². The highest BCUT2D eigenvalue weighted by Gasteiger charge is 2.19. The molecule has 144 valence electrons. The first-order chi connectivity index (χ1) is 13.0. The molecule has 1 N–H and O–H groups in total. The zero-order valence-electron chi connectivity index (χ0n) is 15.8. The molecule has 1 aromatic heterocycles. The average Bonchev–Trinajstić information content (AvgIpc) is 3.23. The largest absolute Gasteiger partial charge is 0.355 e. The molecule has 3 rings (SSSR count). The second-order valence-corrected chi connectivity index (χ2v) is 7.62. The monoisotopic (exact) mass is 387 g/mol. The van der Waals surface area contributed by atoms with Crippen molar-refractivity contribution < 1.29 is 9.59 Å². The molecular formula is C19H25N5O2S. The lowest BCUT2D eigenvalue weighted by molar-refractivity contribution is -0.127. The number of carbonyl (C=O) groups is 2. The van der Waals surface area contributed by atoms with E-state index in [0.29, 0.717) is 24.7 Å². The van der Waals surface area contributed by atoms with Crippen LogP contribution in [0.15, 0.2) is 29.4 Å². The number of aromatic nitrogens is 3. The van der Waals surface area contributed by atoms with E-state index in [4.69, 9.17) is 0 Å². The smallest absolute Gasteiger partial charge is 0.230 e. The van der Waals surface area contributed by atoms with Gasteiger partial charge in [-0.25, -0.2) is 0 Å². The predicted octanol–water partition coefficient (Wildman–Crippen LogP) is 2.10. The Balaban J connectivity index is 1.46. The topological polar surface area (TPSA) is 80.1 Å². The third kappa shape index (κ3) is 5.09. The van der Waals surface area contributed by atoms with E-state index >= 15 is 0 Å². The summed E-state index contributed by atoms with van der Waals surface area (Å²) in [5.41, 5.74) is 2.18. The van der Waals surface area contributed by atoms with Gasteiger partial charge in [0.25, 0.3) is 0 Å². The minimum atomic E-state index is -0.0381. The lowest BCUT2D eigenvalue weighted by Crippen LogP contribution is -2.31. The van der Waals surface area contributed by atoms with Crippen molar-refractivity contribution in [1.29, 1.82) is 0 Å². The summed E-state index contributed by atoms with van der Waals surface area (Å²) in [5.74, 6) is 1.26. The first kappa shape index (κ1) is 19.4. The van der Waals surface area contributed by atoms with Gasteiger partial charge in [0, 0.05) is 31.7 Å². The molecule has 0 atom stereocenters.